The minimum Gasteiger partial charge on any atom is -0.494 e. The van der Waals surface area contributed by atoms with Crippen LogP contribution in [0, 0.1) is 12.7 Å². The van der Waals surface area contributed by atoms with E-state index in [0.29, 0.717) is 11.3 Å². The smallest absolute Gasteiger partial charge is 0.165 e. The van der Waals surface area contributed by atoms with Gasteiger partial charge in [-0.05, 0) is 24.6 Å². The molecule has 0 bridgehead atoms. The predicted molar refractivity (Wildman–Crippen MR) is 68.4 cm³/mol. The molecule has 2 aromatic rings. The molecule has 100 valence electrons. The molecule has 4 nitrogen and oxygen atoms in total. The standard InChI is InChI=1S/C14H15FN2O2/c1-9-7-17-12(8-16-9)13(18)6-10-3-4-14(19-2)11(15)5-10/h3-5,7-8,13,18H,6H2,1-2H3. The van der Waals surface area contributed by atoms with Crippen molar-refractivity contribution in [2.45, 2.75) is 19.4 Å². The first-order chi connectivity index (χ1) is 9.10. The molecule has 0 aliphatic carbocycles. The van der Waals surface area contributed by atoms with Crippen molar-refractivity contribution < 1.29 is 14.2 Å². The summed E-state index contributed by atoms with van der Waals surface area (Å²) in [5.41, 5.74) is 1.93. The molecule has 0 amide bonds. The van der Waals surface area contributed by atoms with Crippen LogP contribution in [-0.4, -0.2) is 22.2 Å². The lowest BCUT2D eigenvalue weighted by molar-refractivity contribution is 0.173. The fourth-order valence-electron chi connectivity index (χ4n) is 1.74. The van der Waals surface area contributed by atoms with Gasteiger partial charge in [-0.15, -0.1) is 0 Å². The molecule has 1 aromatic carbocycles. The number of aliphatic hydroxyl groups is 1. The van der Waals surface area contributed by atoms with E-state index >= 15 is 0 Å². The molecule has 0 radical (unpaired) electrons. The fourth-order valence-corrected chi connectivity index (χ4v) is 1.74. The van der Waals surface area contributed by atoms with Gasteiger partial charge in [0.2, 0.25) is 0 Å². The Morgan fingerprint density at radius 3 is 2.68 bits per heavy atom. The van der Waals surface area contributed by atoms with Crippen LogP contribution in [0.15, 0.2) is 30.6 Å². The average molecular weight is 262 g/mol. The van der Waals surface area contributed by atoms with Crippen LogP contribution in [0.5, 0.6) is 5.75 Å². The zero-order chi connectivity index (χ0) is 13.8. The van der Waals surface area contributed by atoms with Crippen LogP contribution in [0.25, 0.3) is 0 Å². The summed E-state index contributed by atoms with van der Waals surface area (Å²) in [5.74, 6) is -0.254. The van der Waals surface area contributed by atoms with Gasteiger partial charge in [-0.1, -0.05) is 6.07 Å². The molecule has 1 aromatic heterocycles. The molecule has 1 heterocycles. The molecule has 1 atom stereocenters. The predicted octanol–water partition coefficient (Wildman–Crippen LogP) is 2.21. The zero-order valence-corrected chi connectivity index (χ0v) is 10.8. The molecule has 0 saturated carbocycles. The molecule has 1 N–H and O–H groups in total. The van der Waals surface area contributed by atoms with Gasteiger partial charge < -0.3 is 9.84 Å². The molecule has 2 rings (SSSR count). The number of nitrogens with zero attached hydrogens (tertiary/aromatic N) is 2. The summed E-state index contributed by atoms with van der Waals surface area (Å²) in [6, 6.07) is 4.61. The second-order valence-corrected chi connectivity index (χ2v) is 4.27. The Morgan fingerprint density at radius 1 is 1.32 bits per heavy atom. The lowest BCUT2D eigenvalue weighted by atomic mass is 10.1. The molecule has 5 heteroatoms. The van der Waals surface area contributed by atoms with E-state index in [1.807, 2.05) is 6.92 Å². The van der Waals surface area contributed by atoms with Crippen LogP contribution in [-0.2, 0) is 6.42 Å². The Labute approximate surface area is 110 Å². The Balaban J connectivity index is 2.12. The van der Waals surface area contributed by atoms with Crippen LogP contribution < -0.4 is 4.74 Å². The number of benzene rings is 1. The summed E-state index contributed by atoms with van der Waals surface area (Å²) in [4.78, 5) is 8.17. The first-order valence-electron chi connectivity index (χ1n) is 5.89. The van der Waals surface area contributed by atoms with Crippen LogP contribution in [0.4, 0.5) is 4.39 Å². The van der Waals surface area contributed by atoms with Gasteiger partial charge in [0, 0.05) is 12.6 Å². The topological polar surface area (TPSA) is 55.2 Å². The third-order valence-electron chi connectivity index (χ3n) is 2.79. The minimum atomic E-state index is -0.805. The van der Waals surface area contributed by atoms with E-state index in [9.17, 15) is 9.50 Å². The van der Waals surface area contributed by atoms with Crippen LogP contribution >= 0.6 is 0 Å². The molecule has 0 aliphatic heterocycles. The Kier molecular flexibility index (Phi) is 4.06. The number of methoxy groups -OCH3 is 1. The van der Waals surface area contributed by atoms with Crippen LogP contribution in [0.3, 0.4) is 0 Å². The number of aryl methyl sites for hydroxylation is 1. The van der Waals surface area contributed by atoms with Crippen molar-refractivity contribution in [3.63, 3.8) is 0 Å². The van der Waals surface area contributed by atoms with Crippen molar-refractivity contribution in [1.29, 1.82) is 0 Å². The Hall–Kier alpha value is -2.01. The maximum absolute atomic E-state index is 13.5. The average Bonchev–Trinajstić information content (AvgIpc) is 2.39. The molecular formula is C14H15FN2O2. The quantitative estimate of drug-likeness (QED) is 0.917. The molecule has 19 heavy (non-hydrogen) atoms. The van der Waals surface area contributed by atoms with E-state index in [2.05, 4.69) is 9.97 Å². The van der Waals surface area contributed by atoms with E-state index in [0.717, 1.165) is 5.69 Å². The highest BCUT2D eigenvalue weighted by atomic mass is 19.1. The highest BCUT2D eigenvalue weighted by molar-refractivity contribution is 5.30. The summed E-state index contributed by atoms with van der Waals surface area (Å²) in [6.45, 7) is 1.82. The van der Waals surface area contributed by atoms with Gasteiger partial charge in [-0.3, -0.25) is 9.97 Å². The molecule has 1 unspecified atom stereocenters. The lowest BCUT2D eigenvalue weighted by Gasteiger charge is -2.11. The normalized spacial score (nSPS) is 12.2. The minimum absolute atomic E-state index is 0.188. The number of aliphatic hydroxyl groups excluding tert-OH is 1. The van der Waals surface area contributed by atoms with Crippen LogP contribution in [0.1, 0.15) is 23.1 Å². The van der Waals surface area contributed by atoms with Crippen LogP contribution in [0.2, 0.25) is 0 Å². The second-order valence-electron chi connectivity index (χ2n) is 4.27. The van der Waals surface area contributed by atoms with Crippen molar-refractivity contribution in [3.05, 3.63) is 53.4 Å². The summed E-state index contributed by atoms with van der Waals surface area (Å²) >= 11 is 0. The summed E-state index contributed by atoms with van der Waals surface area (Å²) < 4.78 is 18.4. The lowest BCUT2D eigenvalue weighted by Crippen LogP contribution is -2.05. The molecule has 0 saturated heterocycles. The molecule has 0 aliphatic rings. The number of hydrogen-bond donors (Lipinski definition) is 1. The highest BCUT2D eigenvalue weighted by Gasteiger charge is 2.12. The van der Waals surface area contributed by atoms with Gasteiger partial charge in [-0.2, -0.15) is 0 Å². The largest absolute Gasteiger partial charge is 0.494 e. The van der Waals surface area contributed by atoms with Gasteiger partial charge in [0.05, 0.1) is 24.7 Å². The first-order valence-corrected chi connectivity index (χ1v) is 5.89. The zero-order valence-electron chi connectivity index (χ0n) is 10.8. The number of aromatic nitrogens is 2. The number of rotatable bonds is 4. The summed E-state index contributed by atoms with van der Waals surface area (Å²) in [6.07, 6.45) is 2.59. The van der Waals surface area contributed by atoms with E-state index in [-0.39, 0.29) is 12.2 Å². The van der Waals surface area contributed by atoms with Crippen molar-refractivity contribution in [2.75, 3.05) is 7.11 Å². The first kappa shape index (κ1) is 13.4. The molecule has 0 fully saturated rings. The van der Waals surface area contributed by atoms with E-state index in [1.165, 1.54) is 25.4 Å². The fraction of sp³-hybridized carbons (Fsp3) is 0.286. The van der Waals surface area contributed by atoms with Gasteiger partial charge in [-0.25, -0.2) is 4.39 Å². The van der Waals surface area contributed by atoms with Gasteiger partial charge in [0.15, 0.2) is 11.6 Å². The highest BCUT2D eigenvalue weighted by Crippen LogP contribution is 2.21. The maximum Gasteiger partial charge on any atom is 0.165 e. The third-order valence-corrected chi connectivity index (χ3v) is 2.79. The number of hydrogen-bond acceptors (Lipinski definition) is 4. The van der Waals surface area contributed by atoms with E-state index < -0.39 is 11.9 Å². The van der Waals surface area contributed by atoms with Gasteiger partial charge in [0.25, 0.3) is 0 Å². The van der Waals surface area contributed by atoms with Crippen molar-refractivity contribution in [3.8, 4) is 5.75 Å². The number of halogens is 1. The maximum atomic E-state index is 13.5. The van der Waals surface area contributed by atoms with Crippen molar-refractivity contribution in [1.82, 2.24) is 9.97 Å². The Bertz CT molecular complexity index is 558. The monoisotopic (exact) mass is 262 g/mol. The van der Waals surface area contributed by atoms with Gasteiger partial charge in [0.1, 0.15) is 6.10 Å². The SMILES string of the molecule is COc1ccc(CC(O)c2cnc(C)cn2)cc1F. The third kappa shape index (κ3) is 3.26. The van der Waals surface area contributed by atoms with Gasteiger partial charge >= 0.3 is 0 Å². The van der Waals surface area contributed by atoms with E-state index in [4.69, 9.17) is 4.74 Å². The summed E-state index contributed by atoms with van der Waals surface area (Å²) in [7, 11) is 1.41. The van der Waals surface area contributed by atoms with E-state index in [1.54, 1.807) is 12.3 Å². The molecular weight excluding hydrogens is 247 g/mol. The Morgan fingerprint density at radius 2 is 2.11 bits per heavy atom. The number of ether oxygens (including phenoxy) is 1. The molecule has 0 spiro atoms. The van der Waals surface area contributed by atoms with Crippen molar-refractivity contribution in [2.24, 2.45) is 0 Å². The van der Waals surface area contributed by atoms with Crippen molar-refractivity contribution >= 4 is 0 Å². The summed E-state index contributed by atoms with van der Waals surface area (Å²) in [5, 5.41) is 10.0. The second kappa shape index (κ2) is 5.75.